The summed E-state index contributed by atoms with van der Waals surface area (Å²) in [6.07, 6.45) is 2.31. The first-order chi connectivity index (χ1) is 9.10. The lowest BCUT2D eigenvalue weighted by Crippen LogP contribution is -2.28. The predicted octanol–water partition coefficient (Wildman–Crippen LogP) is 4.46. The van der Waals surface area contributed by atoms with Gasteiger partial charge in [0, 0.05) is 41.9 Å². The molecule has 2 nitrogen and oxygen atoms in total. The highest BCUT2D eigenvalue weighted by Crippen LogP contribution is 2.28. The molecule has 1 aromatic rings. The number of hydrogen-bond donors (Lipinski definition) is 1. The summed E-state index contributed by atoms with van der Waals surface area (Å²) in [5.41, 5.74) is 2.50. The first-order valence-corrected chi connectivity index (χ1v) is 7.73. The monoisotopic (exact) mass is 282 g/mol. The number of benzene rings is 1. The highest BCUT2D eigenvalue weighted by Gasteiger charge is 2.13. The van der Waals surface area contributed by atoms with E-state index >= 15 is 0 Å². The maximum Gasteiger partial charge on any atom is 0.0471 e. The molecular formula is C16H27ClN2. The van der Waals surface area contributed by atoms with Crippen molar-refractivity contribution in [1.29, 1.82) is 0 Å². The highest BCUT2D eigenvalue weighted by molar-refractivity contribution is 6.31. The SMILES string of the molecule is CCCN(CCC)c1cccc(Cl)c1CNC(C)C. The van der Waals surface area contributed by atoms with Crippen molar-refractivity contribution in [3.63, 3.8) is 0 Å². The van der Waals surface area contributed by atoms with E-state index in [9.17, 15) is 0 Å². The van der Waals surface area contributed by atoms with E-state index in [0.29, 0.717) is 6.04 Å². The summed E-state index contributed by atoms with van der Waals surface area (Å²) in [6.45, 7) is 11.8. The summed E-state index contributed by atoms with van der Waals surface area (Å²) in [5, 5.41) is 4.33. The van der Waals surface area contributed by atoms with E-state index in [2.05, 4.69) is 50.0 Å². The van der Waals surface area contributed by atoms with E-state index < -0.39 is 0 Å². The van der Waals surface area contributed by atoms with Gasteiger partial charge in [-0.3, -0.25) is 0 Å². The van der Waals surface area contributed by atoms with Crippen LogP contribution in [-0.4, -0.2) is 19.1 Å². The van der Waals surface area contributed by atoms with Crippen LogP contribution in [0, 0.1) is 0 Å². The fraction of sp³-hybridized carbons (Fsp3) is 0.625. The van der Waals surface area contributed by atoms with Crippen LogP contribution in [0.3, 0.4) is 0 Å². The Balaban J connectivity index is 2.99. The third kappa shape index (κ3) is 5.04. The molecule has 19 heavy (non-hydrogen) atoms. The van der Waals surface area contributed by atoms with Gasteiger partial charge in [-0.15, -0.1) is 0 Å². The van der Waals surface area contributed by atoms with Gasteiger partial charge in [0.2, 0.25) is 0 Å². The fourth-order valence-electron chi connectivity index (χ4n) is 2.22. The molecule has 0 atom stereocenters. The summed E-state index contributed by atoms with van der Waals surface area (Å²) < 4.78 is 0. The standard InChI is InChI=1S/C16H27ClN2/c1-5-10-19(11-6-2)16-9-7-8-15(17)14(16)12-18-13(3)4/h7-9,13,18H,5-6,10-12H2,1-4H3. The van der Waals surface area contributed by atoms with Crippen molar-refractivity contribution in [2.24, 2.45) is 0 Å². The molecule has 0 saturated carbocycles. The molecule has 0 bridgehead atoms. The van der Waals surface area contributed by atoms with E-state index in [0.717, 1.165) is 37.5 Å². The second-order valence-electron chi connectivity index (χ2n) is 5.26. The van der Waals surface area contributed by atoms with Crippen LogP contribution in [0.1, 0.15) is 46.1 Å². The van der Waals surface area contributed by atoms with Crippen molar-refractivity contribution in [1.82, 2.24) is 5.32 Å². The van der Waals surface area contributed by atoms with Gasteiger partial charge in [0.25, 0.3) is 0 Å². The number of halogens is 1. The molecule has 3 heteroatoms. The zero-order valence-electron chi connectivity index (χ0n) is 12.7. The fourth-order valence-corrected chi connectivity index (χ4v) is 2.45. The average Bonchev–Trinajstić information content (AvgIpc) is 2.36. The molecule has 0 aliphatic heterocycles. The molecular weight excluding hydrogens is 256 g/mol. The third-order valence-corrected chi connectivity index (χ3v) is 3.46. The van der Waals surface area contributed by atoms with Gasteiger partial charge in [-0.2, -0.15) is 0 Å². The molecule has 0 fully saturated rings. The van der Waals surface area contributed by atoms with E-state index in [1.165, 1.54) is 11.3 Å². The number of hydrogen-bond acceptors (Lipinski definition) is 2. The second-order valence-corrected chi connectivity index (χ2v) is 5.67. The summed E-state index contributed by atoms with van der Waals surface area (Å²) in [7, 11) is 0. The van der Waals surface area contributed by atoms with Crippen molar-refractivity contribution in [2.45, 2.75) is 53.1 Å². The number of anilines is 1. The van der Waals surface area contributed by atoms with Crippen LogP contribution in [0.15, 0.2) is 18.2 Å². The average molecular weight is 283 g/mol. The van der Waals surface area contributed by atoms with Crippen LogP contribution in [0.4, 0.5) is 5.69 Å². The topological polar surface area (TPSA) is 15.3 Å². The maximum atomic E-state index is 6.39. The Morgan fingerprint density at radius 2 is 1.79 bits per heavy atom. The van der Waals surface area contributed by atoms with Crippen LogP contribution in [0.25, 0.3) is 0 Å². The van der Waals surface area contributed by atoms with Gasteiger partial charge in [-0.05, 0) is 25.0 Å². The lowest BCUT2D eigenvalue weighted by Gasteiger charge is -2.27. The number of nitrogens with one attached hydrogen (secondary N) is 1. The maximum absolute atomic E-state index is 6.39. The number of nitrogens with zero attached hydrogens (tertiary/aromatic N) is 1. The van der Waals surface area contributed by atoms with Crippen LogP contribution in [0.2, 0.25) is 5.02 Å². The van der Waals surface area contributed by atoms with Crippen molar-refractivity contribution in [3.8, 4) is 0 Å². The molecule has 0 unspecified atom stereocenters. The molecule has 1 aromatic carbocycles. The van der Waals surface area contributed by atoms with Crippen molar-refractivity contribution < 1.29 is 0 Å². The summed E-state index contributed by atoms with van der Waals surface area (Å²) in [6, 6.07) is 6.69. The third-order valence-electron chi connectivity index (χ3n) is 3.11. The van der Waals surface area contributed by atoms with Crippen molar-refractivity contribution in [2.75, 3.05) is 18.0 Å². The Labute approximate surface area is 123 Å². The Kier molecular flexibility index (Phi) is 7.25. The number of rotatable bonds is 8. The van der Waals surface area contributed by atoms with E-state index in [1.54, 1.807) is 0 Å². The van der Waals surface area contributed by atoms with Crippen molar-refractivity contribution in [3.05, 3.63) is 28.8 Å². The minimum Gasteiger partial charge on any atom is -0.371 e. The van der Waals surface area contributed by atoms with Gasteiger partial charge in [0.1, 0.15) is 0 Å². The summed E-state index contributed by atoms with van der Waals surface area (Å²) in [4.78, 5) is 2.45. The quantitative estimate of drug-likeness (QED) is 0.757. The minimum absolute atomic E-state index is 0.468. The van der Waals surface area contributed by atoms with Crippen LogP contribution in [0.5, 0.6) is 0 Å². The van der Waals surface area contributed by atoms with E-state index in [1.807, 2.05) is 6.07 Å². The molecule has 0 aliphatic carbocycles. The van der Waals surface area contributed by atoms with Gasteiger partial charge < -0.3 is 10.2 Å². The first kappa shape index (κ1) is 16.3. The summed E-state index contributed by atoms with van der Waals surface area (Å²) in [5.74, 6) is 0. The molecule has 1 rings (SSSR count). The molecule has 0 heterocycles. The molecule has 0 saturated heterocycles. The van der Waals surface area contributed by atoms with Gasteiger partial charge in [-0.1, -0.05) is 45.4 Å². The van der Waals surface area contributed by atoms with Crippen molar-refractivity contribution >= 4 is 17.3 Å². The van der Waals surface area contributed by atoms with Gasteiger partial charge in [0.05, 0.1) is 0 Å². The summed E-state index contributed by atoms with van der Waals surface area (Å²) >= 11 is 6.39. The minimum atomic E-state index is 0.468. The van der Waals surface area contributed by atoms with Crippen LogP contribution >= 0.6 is 11.6 Å². The van der Waals surface area contributed by atoms with E-state index in [4.69, 9.17) is 11.6 Å². The van der Waals surface area contributed by atoms with E-state index in [-0.39, 0.29) is 0 Å². The molecule has 0 spiro atoms. The molecule has 108 valence electrons. The Hall–Kier alpha value is -0.730. The smallest absolute Gasteiger partial charge is 0.0471 e. The van der Waals surface area contributed by atoms with Gasteiger partial charge in [0.15, 0.2) is 0 Å². The zero-order chi connectivity index (χ0) is 14.3. The Morgan fingerprint density at radius 3 is 2.32 bits per heavy atom. The molecule has 0 radical (unpaired) electrons. The molecule has 0 aromatic heterocycles. The second kappa shape index (κ2) is 8.44. The molecule has 0 aliphatic rings. The highest BCUT2D eigenvalue weighted by atomic mass is 35.5. The predicted molar refractivity (Wildman–Crippen MR) is 86.2 cm³/mol. The first-order valence-electron chi connectivity index (χ1n) is 7.35. The Bertz CT molecular complexity index is 371. The molecule has 0 amide bonds. The van der Waals surface area contributed by atoms with Gasteiger partial charge in [-0.25, -0.2) is 0 Å². The lowest BCUT2D eigenvalue weighted by molar-refractivity contribution is 0.587. The Morgan fingerprint density at radius 1 is 1.16 bits per heavy atom. The van der Waals surface area contributed by atoms with Gasteiger partial charge >= 0.3 is 0 Å². The molecule has 1 N–H and O–H groups in total. The largest absolute Gasteiger partial charge is 0.371 e. The van der Waals surface area contributed by atoms with Crippen LogP contribution in [-0.2, 0) is 6.54 Å². The zero-order valence-corrected chi connectivity index (χ0v) is 13.4. The lowest BCUT2D eigenvalue weighted by atomic mass is 10.1. The van der Waals surface area contributed by atoms with Crippen LogP contribution < -0.4 is 10.2 Å². The normalized spacial score (nSPS) is 11.1.